The van der Waals surface area contributed by atoms with Crippen LogP contribution in [-0.2, 0) is 16.0 Å². The van der Waals surface area contributed by atoms with Gasteiger partial charge in [0.1, 0.15) is 5.60 Å². The van der Waals surface area contributed by atoms with Crippen molar-refractivity contribution in [1.29, 1.82) is 0 Å². The SMILES string of the molecule is C[C@@H]1C=CC(=O)OC1(C)CCc1ccccc1. The number of hydrogen-bond donors (Lipinski definition) is 0. The molecule has 0 saturated heterocycles. The second kappa shape index (κ2) is 4.74. The molecular formula is C15H18O2. The predicted octanol–water partition coefficient (Wildman–Crippen LogP) is 3.13. The van der Waals surface area contributed by atoms with Crippen LogP contribution in [-0.4, -0.2) is 11.6 Å². The first kappa shape index (κ1) is 11.9. The summed E-state index contributed by atoms with van der Waals surface area (Å²) in [4.78, 5) is 11.3. The number of benzene rings is 1. The summed E-state index contributed by atoms with van der Waals surface area (Å²) in [7, 11) is 0. The largest absolute Gasteiger partial charge is 0.456 e. The number of carbonyl (C=O) groups excluding carboxylic acids is 1. The molecule has 0 saturated carbocycles. The maximum Gasteiger partial charge on any atom is 0.330 e. The molecule has 0 fully saturated rings. The number of rotatable bonds is 3. The number of cyclic esters (lactones) is 1. The van der Waals surface area contributed by atoms with Gasteiger partial charge in [0.25, 0.3) is 0 Å². The van der Waals surface area contributed by atoms with Crippen LogP contribution in [0.5, 0.6) is 0 Å². The Morgan fingerprint density at radius 3 is 2.71 bits per heavy atom. The fourth-order valence-electron chi connectivity index (χ4n) is 2.10. The van der Waals surface area contributed by atoms with Crippen molar-refractivity contribution in [3.63, 3.8) is 0 Å². The average Bonchev–Trinajstić information content (AvgIpc) is 2.33. The Balaban J connectivity index is 2.03. The van der Waals surface area contributed by atoms with Crippen molar-refractivity contribution in [1.82, 2.24) is 0 Å². The number of hydrogen-bond acceptors (Lipinski definition) is 2. The summed E-state index contributed by atoms with van der Waals surface area (Å²) < 4.78 is 5.48. The second-order valence-electron chi connectivity index (χ2n) is 4.87. The van der Waals surface area contributed by atoms with Crippen LogP contribution in [0.4, 0.5) is 0 Å². The van der Waals surface area contributed by atoms with E-state index in [2.05, 4.69) is 19.1 Å². The molecular weight excluding hydrogens is 212 g/mol. The zero-order valence-corrected chi connectivity index (χ0v) is 10.3. The van der Waals surface area contributed by atoms with E-state index in [1.54, 1.807) is 0 Å². The highest BCUT2D eigenvalue weighted by Crippen LogP contribution is 2.31. The van der Waals surface area contributed by atoms with Gasteiger partial charge in [-0.15, -0.1) is 0 Å². The molecule has 1 heterocycles. The number of carbonyl (C=O) groups is 1. The molecule has 17 heavy (non-hydrogen) atoms. The van der Waals surface area contributed by atoms with Crippen molar-refractivity contribution in [2.24, 2.45) is 5.92 Å². The number of ether oxygens (including phenoxy) is 1. The molecule has 0 bridgehead atoms. The van der Waals surface area contributed by atoms with Gasteiger partial charge in [-0.25, -0.2) is 4.79 Å². The third-order valence-corrected chi connectivity index (χ3v) is 3.57. The zero-order chi connectivity index (χ0) is 12.3. The van der Waals surface area contributed by atoms with Crippen molar-refractivity contribution in [3.8, 4) is 0 Å². The van der Waals surface area contributed by atoms with E-state index < -0.39 is 0 Å². The lowest BCUT2D eigenvalue weighted by atomic mass is 9.83. The van der Waals surface area contributed by atoms with E-state index in [0.717, 1.165) is 12.8 Å². The van der Waals surface area contributed by atoms with Crippen molar-refractivity contribution in [3.05, 3.63) is 48.0 Å². The van der Waals surface area contributed by atoms with Gasteiger partial charge in [0.2, 0.25) is 0 Å². The summed E-state index contributed by atoms with van der Waals surface area (Å²) in [6, 6.07) is 10.3. The van der Waals surface area contributed by atoms with Gasteiger partial charge >= 0.3 is 5.97 Å². The Hall–Kier alpha value is -1.57. The molecule has 1 unspecified atom stereocenters. The molecule has 90 valence electrons. The van der Waals surface area contributed by atoms with Crippen molar-refractivity contribution in [2.75, 3.05) is 0 Å². The van der Waals surface area contributed by atoms with Gasteiger partial charge in [0.05, 0.1) is 0 Å². The van der Waals surface area contributed by atoms with E-state index in [1.807, 2.05) is 31.2 Å². The molecule has 0 aliphatic carbocycles. The molecule has 2 heteroatoms. The molecule has 0 spiro atoms. The van der Waals surface area contributed by atoms with Crippen molar-refractivity contribution in [2.45, 2.75) is 32.3 Å². The first-order valence-electron chi connectivity index (χ1n) is 6.05. The van der Waals surface area contributed by atoms with Gasteiger partial charge in [-0.2, -0.15) is 0 Å². The quantitative estimate of drug-likeness (QED) is 0.746. The lowest BCUT2D eigenvalue weighted by Gasteiger charge is -2.36. The highest BCUT2D eigenvalue weighted by Gasteiger charge is 2.35. The Morgan fingerprint density at radius 1 is 1.29 bits per heavy atom. The summed E-state index contributed by atoms with van der Waals surface area (Å²) in [5.74, 6) is 0.0440. The molecule has 0 amide bonds. The standard InChI is InChI=1S/C15H18O2/c1-12-8-9-14(16)17-15(12,2)11-10-13-6-4-3-5-7-13/h3-9,12H,10-11H2,1-2H3/t12-,15?/m1/s1. The van der Waals surface area contributed by atoms with Crippen LogP contribution in [0.15, 0.2) is 42.5 Å². The topological polar surface area (TPSA) is 26.3 Å². The minimum Gasteiger partial charge on any atom is -0.456 e. The van der Waals surface area contributed by atoms with Crippen LogP contribution >= 0.6 is 0 Å². The monoisotopic (exact) mass is 230 g/mol. The predicted molar refractivity (Wildman–Crippen MR) is 67.6 cm³/mol. The molecule has 0 aromatic heterocycles. The lowest BCUT2D eigenvalue weighted by molar-refractivity contribution is -0.158. The maximum absolute atomic E-state index is 11.3. The molecule has 1 aromatic carbocycles. The van der Waals surface area contributed by atoms with E-state index in [9.17, 15) is 4.79 Å². The molecule has 2 nitrogen and oxygen atoms in total. The van der Waals surface area contributed by atoms with E-state index in [1.165, 1.54) is 11.6 Å². The fourth-order valence-corrected chi connectivity index (χ4v) is 2.10. The first-order valence-corrected chi connectivity index (χ1v) is 6.05. The van der Waals surface area contributed by atoms with Gasteiger partial charge < -0.3 is 4.74 Å². The lowest BCUT2D eigenvalue weighted by Crippen LogP contribution is -2.40. The Labute approximate surface area is 102 Å². The number of aryl methyl sites for hydroxylation is 1. The van der Waals surface area contributed by atoms with Crippen LogP contribution in [0.1, 0.15) is 25.8 Å². The average molecular weight is 230 g/mol. The Morgan fingerprint density at radius 2 is 2.00 bits per heavy atom. The molecule has 2 atom stereocenters. The normalized spacial score (nSPS) is 27.9. The van der Waals surface area contributed by atoms with Crippen LogP contribution in [0.2, 0.25) is 0 Å². The van der Waals surface area contributed by atoms with E-state index in [0.29, 0.717) is 0 Å². The smallest absolute Gasteiger partial charge is 0.330 e. The minimum atomic E-state index is -0.373. The molecule has 1 aliphatic rings. The highest BCUT2D eigenvalue weighted by atomic mass is 16.6. The molecule has 0 N–H and O–H groups in total. The molecule has 1 aromatic rings. The van der Waals surface area contributed by atoms with Crippen LogP contribution < -0.4 is 0 Å². The summed E-state index contributed by atoms with van der Waals surface area (Å²) in [6.07, 6.45) is 5.25. The van der Waals surface area contributed by atoms with Gasteiger partial charge in [0, 0.05) is 12.0 Å². The maximum atomic E-state index is 11.3. The first-order chi connectivity index (χ1) is 8.10. The minimum absolute atomic E-state index is 0.223. The van der Waals surface area contributed by atoms with Crippen LogP contribution in [0, 0.1) is 5.92 Å². The zero-order valence-electron chi connectivity index (χ0n) is 10.3. The third kappa shape index (κ3) is 2.76. The molecule has 2 rings (SSSR count). The highest BCUT2D eigenvalue weighted by molar-refractivity contribution is 5.83. The van der Waals surface area contributed by atoms with Gasteiger partial charge in [-0.1, -0.05) is 43.3 Å². The van der Waals surface area contributed by atoms with Gasteiger partial charge in [-0.05, 0) is 25.3 Å². The Kier molecular flexibility index (Phi) is 3.32. The second-order valence-corrected chi connectivity index (χ2v) is 4.87. The fraction of sp³-hybridized carbons (Fsp3) is 0.400. The van der Waals surface area contributed by atoms with Crippen LogP contribution in [0.25, 0.3) is 0 Å². The molecule has 0 radical (unpaired) electrons. The van der Waals surface area contributed by atoms with Crippen molar-refractivity contribution >= 4 is 5.97 Å². The van der Waals surface area contributed by atoms with Crippen molar-refractivity contribution < 1.29 is 9.53 Å². The number of esters is 1. The Bertz CT molecular complexity index is 422. The van der Waals surface area contributed by atoms with Gasteiger partial charge in [-0.3, -0.25) is 0 Å². The third-order valence-electron chi connectivity index (χ3n) is 3.57. The van der Waals surface area contributed by atoms with E-state index in [4.69, 9.17) is 4.74 Å². The summed E-state index contributed by atoms with van der Waals surface area (Å²) in [5.41, 5.74) is 0.910. The summed E-state index contributed by atoms with van der Waals surface area (Å²) in [5, 5.41) is 0. The van der Waals surface area contributed by atoms with E-state index >= 15 is 0 Å². The summed E-state index contributed by atoms with van der Waals surface area (Å²) >= 11 is 0. The van der Waals surface area contributed by atoms with Crippen LogP contribution in [0.3, 0.4) is 0 Å². The van der Waals surface area contributed by atoms with Gasteiger partial charge in [0.15, 0.2) is 0 Å². The molecule has 1 aliphatic heterocycles. The van der Waals surface area contributed by atoms with E-state index in [-0.39, 0.29) is 17.5 Å². The summed E-state index contributed by atoms with van der Waals surface area (Å²) in [6.45, 7) is 4.11.